The molecule has 0 saturated carbocycles. The number of fused-ring (bicyclic) bond motifs is 1. The van der Waals surface area contributed by atoms with Gasteiger partial charge in [-0.15, -0.1) is 0 Å². The fourth-order valence-electron chi connectivity index (χ4n) is 3.01. The molecule has 0 amide bonds. The topological polar surface area (TPSA) is 85.7 Å². The van der Waals surface area contributed by atoms with Crippen molar-refractivity contribution in [2.75, 3.05) is 12.4 Å². The molecule has 0 saturated heterocycles. The number of alkyl halides is 4. The SMILES string of the molecule is COCc1nc(Nc2ccc(C(F)(F)F)cn2)c2ccc(-c3ncccc3CF)nc2n1. The number of ether oxygens (including phenoxy) is 1. The van der Waals surface area contributed by atoms with Gasteiger partial charge in [0.25, 0.3) is 0 Å². The number of nitrogens with zero attached hydrogens (tertiary/aromatic N) is 5. The average molecular weight is 444 g/mol. The van der Waals surface area contributed by atoms with Gasteiger partial charge in [0.1, 0.15) is 24.9 Å². The molecule has 0 aliphatic heterocycles. The highest BCUT2D eigenvalue weighted by Gasteiger charge is 2.30. The molecule has 0 aliphatic rings. The maximum Gasteiger partial charge on any atom is 0.417 e. The molecule has 32 heavy (non-hydrogen) atoms. The van der Waals surface area contributed by atoms with E-state index in [0.717, 1.165) is 12.3 Å². The quantitative estimate of drug-likeness (QED) is 0.425. The summed E-state index contributed by atoms with van der Waals surface area (Å²) in [5.41, 5.74) is 0.627. The Morgan fingerprint density at radius 1 is 1.00 bits per heavy atom. The predicted molar refractivity (Wildman–Crippen MR) is 109 cm³/mol. The summed E-state index contributed by atoms with van der Waals surface area (Å²) in [6.07, 6.45) is -2.21. The summed E-state index contributed by atoms with van der Waals surface area (Å²) in [6.45, 7) is -0.621. The van der Waals surface area contributed by atoms with Crippen molar-refractivity contribution < 1.29 is 22.3 Å². The minimum Gasteiger partial charge on any atom is -0.377 e. The highest BCUT2D eigenvalue weighted by atomic mass is 19.4. The van der Waals surface area contributed by atoms with Gasteiger partial charge in [0.2, 0.25) is 0 Å². The normalized spacial score (nSPS) is 11.7. The first-order valence-electron chi connectivity index (χ1n) is 9.36. The molecule has 1 N–H and O–H groups in total. The third kappa shape index (κ3) is 4.47. The van der Waals surface area contributed by atoms with E-state index in [1.165, 1.54) is 13.2 Å². The van der Waals surface area contributed by atoms with Crippen molar-refractivity contribution in [3.63, 3.8) is 0 Å². The van der Waals surface area contributed by atoms with Crippen LogP contribution >= 0.6 is 0 Å². The van der Waals surface area contributed by atoms with E-state index in [4.69, 9.17) is 4.74 Å². The maximum absolute atomic E-state index is 13.4. The Morgan fingerprint density at radius 2 is 1.84 bits per heavy atom. The zero-order chi connectivity index (χ0) is 22.7. The number of aromatic nitrogens is 5. The molecule has 4 heterocycles. The third-order valence-corrected chi connectivity index (χ3v) is 4.49. The predicted octanol–water partition coefficient (Wildman–Crippen LogP) is 4.86. The van der Waals surface area contributed by atoms with Gasteiger partial charge in [-0.25, -0.2) is 24.3 Å². The van der Waals surface area contributed by atoms with Crippen LogP contribution in [0.3, 0.4) is 0 Å². The van der Waals surface area contributed by atoms with E-state index in [0.29, 0.717) is 34.0 Å². The number of anilines is 2. The smallest absolute Gasteiger partial charge is 0.377 e. The molecule has 4 aromatic rings. The average Bonchev–Trinajstić information content (AvgIpc) is 2.78. The molecule has 7 nitrogen and oxygen atoms in total. The Labute approximate surface area is 179 Å². The Hall–Kier alpha value is -3.73. The summed E-state index contributed by atoms with van der Waals surface area (Å²) < 4.78 is 56.8. The lowest BCUT2D eigenvalue weighted by Gasteiger charge is -2.12. The van der Waals surface area contributed by atoms with Crippen LogP contribution in [0.4, 0.5) is 29.2 Å². The molecule has 0 radical (unpaired) electrons. The van der Waals surface area contributed by atoms with Gasteiger partial charge in [0.15, 0.2) is 11.5 Å². The molecule has 0 bridgehead atoms. The van der Waals surface area contributed by atoms with Crippen molar-refractivity contribution in [1.29, 1.82) is 0 Å². The number of halogens is 4. The third-order valence-electron chi connectivity index (χ3n) is 4.49. The fourth-order valence-corrected chi connectivity index (χ4v) is 3.01. The lowest BCUT2D eigenvalue weighted by molar-refractivity contribution is -0.137. The molecular weight excluding hydrogens is 428 g/mol. The van der Waals surface area contributed by atoms with Crippen LogP contribution in [0, 0.1) is 0 Å². The summed E-state index contributed by atoms with van der Waals surface area (Å²) in [5, 5.41) is 3.40. The van der Waals surface area contributed by atoms with Gasteiger partial charge >= 0.3 is 6.18 Å². The summed E-state index contributed by atoms with van der Waals surface area (Å²) in [4.78, 5) is 21.3. The second-order valence-electron chi connectivity index (χ2n) is 6.69. The van der Waals surface area contributed by atoms with E-state index >= 15 is 0 Å². The number of rotatable bonds is 6. The van der Waals surface area contributed by atoms with Crippen LogP contribution in [0.15, 0.2) is 48.8 Å². The zero-order valence-corrected chi connectivity index (χ0v) is 16.7. The van der Waals surface area contributed by atoms with Crippen LogP contribution in [0.25, 0.3) is 22.4 Å². The number of methoxy groups -OCH3 is 1. The molecular formula is C21H16F4N6O. The molecule has 0 atom stereocenters. The Balaban J connectivity index is 1.76. The highest BCUT2D eigenvalue weighted by molar-refractivity contribution is 5.89. The second-order valence-corrected chi connectivity index (χ2v) is 6.69. The maximum atomic E-state index is 13.4. The molecule has 0 unspecified atom stereocenters. The first kappa shape index (κ1) is 21.5. The van der Waals surface area contributed by atoms with Crippen molar-refractivity contribution in [3.05, 3.63) is 65.7 Å². The van der Waals surface area contributed by atoms with E-state index in [2.05, 4.69) is 30.2 Å². The molecule has 11 heteroatoms. The molecule has 0 aromatic carbocycles. The minimum absolute atomic E-state index is 0.0796. The summed E-state index contributed by atoms with van der Waals surface area (Å²) in [6, 6.07) is 8.71. The van der Waals surface area contributed by atoms with Crippen molar-refractivity contribution in [1.82, 2.24) is 24.9 Å². The van der Waals surface area contributed by atoms with Gasteiger partial charge in [0, 0.05) is 25.1 Å². The second kappa shape index (κ2) is 8.79. The number of nitrogens with one attached hydrogen (secondary N) is 1. The fraction of sp³-hybridized carbons (Fsp3) is 0.190. The van der Waals surface area contributed by atoms with Crippen LogP contribution in [-0.4, -0.2) is 32.0 Å². The monoisotopic (exact) mass is 444 g/mol. The van der Waals surface area contributed by atoms with Crippen molar-refractivity contribution >= 4 is 22.7 Å². The molecule has 0 fully saturated rings. The van der Waals surface area contributed by atoms with E-state index in [1.807, 2.05) is 0 Å². The highest BCUT2D eigenvalue weighted by Crippen LogP contribution is 2.30. The van der Waals surface area contributed by atoms with E-state index in [-0.39, 0.29) is 18.1 Å². The van der Waals surface area contributed by atoms with Gasteiger partial charge in [-0.3, -0.25) is 4.98 Å². The van der Waals surface area contributed by atoms with Crippen LogP contribution in [0.2, 0.25) is 0 Å². The number of pyridine rings is 3. The first-order chi connectivity index (χ1) is 15.4. The minimum atomic E-state index is -4.48. The Kier molecular flexibility index (Phi) is 5.91. The molecule has 0 spiro atoms. The van der Waals surface area contributed by atoms with E-state index < -0.39 is 18.4 Å². The van der Waals surface area contributed by atoms with Gasteiger partial charge in [-0.1, -0.05) is 6.07 Å². The van der Waals surface area contributed by atoms with Crippen molar-refractivity contribution in [2.45, 2.75) is 19.5 Å². The number of hydrogen-bond acceptors (Lipinski definition) is 7. The lowest BCUT2D eigenvalue weighted by Crippen LogP contribution is -2.07. The van der Waals surface area contributed by atoms with Gasteiger partial charge in [-0.05, 0) is 30.3 Å². The summed E-state index contributed by atoms with van der Waals surface area (Å²) in [5.74, 6) is 0.751. The van der Waals surface area contributed by atoms with Crippen LogP contribution in [-0.2, 0) is 24.2 Å². The molecule has 0 aliphatic carbocycles. The summed E-state index contributed by atoms with van der Waals surface area (Å²) in [7, 11) is 1.48. The Bertz CT molecular complexity index is 1250. The van der Waals surface area contributed by atoms with Crippen molar-refractivity contribution in [2.24, 2.45) is 0 Å². The van der Waals surface area contributed by atoms with Gasteiger partial charge < -0.3 is 10.1 Å². The van der Waals surface area contributed by atoms with E-state index in [1.54, 1.807) is 30.5 Å². The van der Waals surface area contributed by atoms with E-state index in [9.17, 15) is 17.6 Å². The van der Waals surface area contributed by atoms with Gasteiger partial charge in [0.05, 0.1) is 22.3 Å². The molecule has 4 aromatic heterocycles. The van der Waals surface area contributed by atoms with Crippen LogP contribution in [0.5, 0.6) is 0 Å². The lowest BCUT2D eigenvalue weighted by atomic mass is 10.1. The van der Waals surface area contributed by atoms with Crippen molar-refractivity contribution in [3.8, 4) is 11.4 Å². The standard InChI is InChI=1S/C21H16F4N6O/c1-32-11-17-30-19-14(5-6-15(28-19)18-12(9-22)3-2-8-26-18)20(31-17)29-16-7-4-13(10-27-16)21(23,24)25/h2-8,10H,9,11H2,1H3,(H,27,28,29,30,31). The Morgan fingerprint density at radius 3 is 2.53 bits per heavy atom. The van der Waals surface area contributed by atoms with Gasteiger partial charge in [-0.2, -0.15) is 13.2 Å². The molecule has 4 rings (SSSR count). The zero-order valence-electron chi connectivity index (χ0n) is 16.7. The first-order valence-corrected chi connectivity index (χ1v) is 9.36. The largest absolute Gasteiger partial charge is 0.417 e. The van der Waals surface area contributed by atoms with Crippen LogP contribution in [0.1, 0.15) is 17.0 Å². The summed E-state index contributed by atoms with van der Waals surface area (Å²) >= 11 is 0. The molecule has 164 valence electrons. The number of hydrogen-bond donors (Lipinski definition) is 1. The van der Waals surface area contributed by atoms with Crippen LogP contribution < -0.4 is 5.32 Å².